The molecule has 13 heavy (non-hydrogen) atoms. The lowest BCUT2D eigenvalue weighted by atomic mass is 10.2. The Morgan fingerprint density at radius 2 is 1.23 bits per heavy atom. The minimum absolute atomic E-state index is 0.231. The van der Waals surface area contributed by atoms with Crippen LogP contribution in [0.2, 0.25) is 0 Å². The molecule has 0 bridgehead atoms. The average molecular weight is 194 g/mol. The molecule has 0 unspecified atom stereocenters. The second-order valence-electron chi connectivity index (χ2n) is 2.13. The largest absolute Gasteiger partial charge is 0.516 e. The Morgan fingerprint density at radius 3 is 1.23 bits per heavy atom. The van der Waals surface area contributed by atoms with E-state index in [1.807, 2.05) is 0 Å². The molecule has 0 aliphatic carbocycles. The molecule has 0 atom stereocenters. The van der Waals surface area contributed by atoms with Crippen molar-refractivity contribution in [3.05, 3.63) is 0 Å². The van der Waals surface area contributed by atoms with Gasteiger partial charge in [0.05, 0.1) is 5.92 Å². The lowest BCUT2D eigenvalue weighted by Gasteiger charge is -1.89. The number of carboxylic acid groups (broad SMARTS) is 3. The normalized spacial score (nSPS) is 8.23. The second kappa shape index (κ2) is 6.89. The van der Waals surface area contributed by atoms with Gasteiger partial charge < -0.3 is 20.1 Å². The fourth-order valence-electron chi connectivity index (χ4n) is 0.0747. The molecule has 7 heteroatoms. The number of rotatable bonds is 1. The Balaban J connectivity index is 0. The highest BCUT2D eigenvalue weighted by Crippen LogP contribution is 1.87. The van der Waals surface area contributed by atoms with Crippen LogP contribution < -0.4 is 0 Å². The van der Waals surface area contributed by atoms with Crippen LogP contribution in [0.15, 0.2) is 0 Å². The Labute approximate surface area is 73.6 Å². The van der Waals surface area contributed by atoms with Crippen LogP contribution >= 0.6 is 0 Å². The highest BCUT2D eigenvalue weighted by atomic mass is 16.7. The molecule has 0 fully saturated rings. The molecule has 0 aromatic carbocycles. The van der Waals surface area contributed by atoms with E-state index in [-0.39, 0.29) is 5.92 Å². The van der Waals surface area contributed by atoms with Gasteiger partial charge in [0.1, 0.15) is 0 Å². The van der Waals surface area contributed by atoms with Crippen LogP contribution in [-0.4, -0.2) is 33.6 Å². The van der Waals surface area contributed by atoms with Crippen molar-refractivity contribution in [3.63, 3.8) is 0 Å². The van der Waals surface area contributed by atoms with Crippen LogP contribution in [0, 0.1) is 5.92 Å². The van der Waals surface area contributed by atoms with Gasteiger partial charge in [-0.1, -0.05) is 13.8 Å². The van der Waals surface area contributed by atoms with Gasteiger partial charge in [0.25, 0.3) is 0 Å². The van der Waals surface area contributed by atoms with Crippen molar-refractivity contribution in [1.29, 1.82) is 0 Å². The Hall–Kier alpha value is -1.79. The van der Waals surface area contributed by atoms with Gasteiger partial charge >= 0.3 is 18.3 Å². The molecule has 0 radical (unpaired) electrons. The number of carbonyl (C=O) groups is 3. The zero-order valence-electron chi connectivity index (χ0n) is 7.05. The quantitative estimate of drug-likeness (QED) is 0.421. The van der Waals surface area contributed by atoms with Crippen molar-refractivity contribution in [2.24, 2.45) is 5.92 Å². The molecule has 0 aliphatic heterocycles. The van der Waals surface area contributed by atoms with Gasteiger partial charge in [0.15, 0.2) is 0 Å². The van der Waals surface area contributed by atoms with Gasteiger partial charge in [-0.3, -0.25) is 4.79 Å². The summed E-state index contributed by atoms with van der Waals surface area (Å²) in [6.07, 6.45) is -3.62. The number of ether oxygens (including phenoxy) is 1. The highest BCUT2D eigenvalue weighted by Gasteiger charge is 2.01. The highest BCUT2D eigenvalue weighted by molar-refractivity contribution is 5.74. The molecule has 76 valence electrons. The maximum absolute atomic E-state index is 9.70. The van der Waals surface area contributed by atoms with Gasteiger partial charge in [-0.15, -0.1) is 0 Å². The zero-order chi connectivity index (χ0) is 11.0. The number of hydrogen-bond acceptors (Lipinski definition) is 4. The summed E-state index contributed by atoms with van der Waals surface area (Å²) in [7, 11) is 0. The van der Waals surface area contributed by atoms with Crippen LogP contribution in [0.25, 0.3) is 0 Å². The molecule has 0 heterocycles. The lowest BCUT2D eigenvalue weighted by Crippen LogP contribution is -2.05. The Bertz CT molecular complexity index is 183. The molecule has 0 saturated heterocycles. The van der Waals surface area contributed by atoms with E-state index in [2.05, 4.69) is 4.74 Å². The summed E-state index contributed by atoms with van der Waals surface area (Å²) in [5.74, 6) is -0.972. The van der Waals surface area contributed by atoms with Crippen LogP contribution in [-0.2, 0) is 9.53 Å². The SMILES string of the molecule is CC(C)C(=O)O.O=C(O)OC(=O)O. The molecular weight excluding hydrogens is 184 g/mol. The van der Waals surface area contributed by atoms with E-state index in [1.165, 1.54) is 0 Å². The molecule has 7 nitrogen and oxygen atoms in total. The first kappa shape index (κ1) is 13.8. The van der Waals surface area contributed by atoms with Crippen LogP contribution in [0.1, 0.15) is 13.8 Å². The first-order valence-electron chi connectivity index (χ1n) is 3.13. The summed E-state index contributed by atoms with van der Waals surface area (Å²) in [5.41, 5.74) is 0. The maximum Gasteiger partial charge on any atom is 0.516 e. The molecule has 0 aromatic heterocycles. The van der Waals surface area contributed by atoms with Crippen LogP contribution in [0.5, 0.6) is 0 Å². The summed E-state index contributed by atoms with van der Waals surface area (Å²) in [6.45, 7) is 3.28. The summed E-state index contributed by atoms with van der Waals surface area (Å²) < 4.78 is 3.08. The van der Waals surface area contributed by atoms with E-state index in [0.717, 1.165) is 0 Å². The zero-order valence-corrected chi connectivity index (χ0v) is 7.05. The van der Waals surface area contributed by atoms with E-state index in [4.69, 9.17) is 15.3 Å². The van der Waals surface area contributed by atoms with E-state index in [9.17, 15) is 14.4 Å². The van der Waals surface area contributed by atoms with E-state index < -0.39 is 18.3 Å². The maximum atomic E-state index is 9.70. The number of aliphatic carboxylic acids is 1. The van der Waals surface area contributed by atoms with E-state index in [1.54, 1.807) is 13.8 Å². The molecule has 0 aliphatic rings. The molecule has 0 aromatic rings. The minimum Gasteiger partial charge on any atom is -0.481 e. The Kier molecular flexibility index (Phi) is 7.30. The Morgan fingerprint density at radius 1 is 1.00 bits per heavy atom. The van der Waals surface area contributed by atoms with Crippen molar-refractivity contribution in [1.82, 2.24) is 0 Å². The van der Waals surface area contributed by atoms with E-state index >= 15 is 0 Å². The van der Waals surface area contributed by atoms with Crippen LogP contribution in [0.4, 0.5) is 9.59 Å². The summed E-state index contributed by atoms with van der Waals surface area (Å²) >= 11 is 0. The van der Waals surface area contributed by atoms with Gasteiger partial charge in [-0.05, 0) is 0 Å². The predicted molar refractivity (Wildman–Crippen MR) is 39.6 cm³/mol. The van der Waals surface area contributed by atoms with Gasteiger partial charge in [-0.2, -0.15) is 0 Å². The molecule has 3 N–H and O–H groups in total. The van der Waals surface area contributed by atoms with Gasteiger partial charge in [0.2, 0.25) is 0 Å². The summed E-state index contributed by atoms with van der Waals surface area (Å²) in [4.78, 5) is 28.1. The number of carboxylic acids is 1. The third kappa shape index (κ3) is 17.8. The molecule has 0 saturated carbocycles. The standard InChI is InChI=1S/C4H8O2.C2H2O5/c1-3(2)4(5)6;3-1(4)7-2(5)6/h3H,1-2H3,(H,5,6);(H,3,4)(H,5,6). The minimum atomic E-state index is -1.81. The molecular formula is C6H10O7. The smallest absolute Gasteiger partial charge is 0.481 e. The first-order chi connectivity index (χ1) is 5.77. The van der Waals surface area contributed by atoms with Crippen molar-refractivity contribution in [2.45, 2.75) is 13.8 Å². The number of hydrogen-bond donors (Lipinski definition) is 3. The first-order valence-corrected chi connectivity index (χ1v) is 3.13. The third-order valence-electron chi connectivity index (χ3n) is 0.669. The molecule has 0 rings (SSSR count). The third-order valence-corrected chi connectivity index (χ3v) is 0.669. The topological polar surface area (TPSA) is 121 Å². The van der Waals surface area contributed by atoms with E-state index in [0.29, 0.717) is 0 Å². The summed E-state index contributed by atoms with van der Waals surface area (Å²) in [6, 6.07) is 0. The summed E-state index contributed by atoms with van der Waals surface area (Å²) in [5, 5.41) is 23.0. The molecule has 0 spiro atoms. The predicted octanol–water partition coefficient (Wildman–Crippen LogP) is 1.09. The average Bonchev–Trinajstić information content (AvgIpc) is 1.84. The lowest BCUT2D eigenvalue weighted by molar-refractivity contribution is -0.140. The van der Waals surface area contributed by atoms with Gasteiger partial charge in [-0.25, -0.2) is 9.59 Å². The monoisotopic (exact) mass is 194 g/mol. The molecule has 0 amide bonds. The van der Waals surface area contributed by atoms with Crippen molar-refractivity contribution >= 4 is 18.3 Å². The van der Waals surface area contributed by atoms with Crippen molar-refractivity contribution in [2.75, 3.05) is 0 Å². The van der Waals surface area contributed by atoms with Gasteiger partial charge in [0, 0.05) is 0 Å². The van der Waals surface area contributed by atoms with Crippen molar-refractivity contribution < 1.29 is 34.4 Å². The second-order valence-corrected chi connectivity index (χ2v) is 2.13. The van der Waals surface area contributed by atoms with Crippen molar-refractivity contribution in [3.8, 4) is 0 Å². The fraction of sp³-hybridized carbons (Fsp3) is 0.500. The fourth-order valence-corrected chi connectivity index (χ4v) is 0.0747. The van der Waals surface area contributed by atoms with Crippen LogP contribution in [0.3, 0.4) is 0 Å².